The molecule has 2 amide bonds. The van der Waals surface area contributed by atoms with Gasteiger partial charge in [0.15, 0.2) is 0 Å². The molecule has 38 heavy (non-hydrogen) atoms. The van der Waals surface area contributed by atoms with E-state index in [2.05, 4.69) is 5.32 Å². The highest BCUT2D eigenvalue weighted by molar-refractivity contribution is 7.92. The van der Waals surface area contributed by atoms with Gasteiger partial charge in [0.05, 0.1) is 10.6 Å². The van der Waals surface area contributed by atoms with Crippen molar-refractivity contribution in [2.75, 3.05) is 17.4 Å². The molecule has 0 aromatic heterocycles. The van der Waals surface area contributed by atoms with Crippen molar-refractivity contribution in [3.05, 3.63) is 95.6 Å². The first-order valence-corrected chi connectivity index (χ1v) is 14.2. The minimum Gasteiger partial charge on any atom is -0.352 e. The van der Waals surface area contributed by atoms with E-state index in [-0.39, 0.29) is 23.4 Å². The Labute approximate surface area is 226 Å². The molecule has 0 heterocycles. The molecule has 3 rings (SSSR count). The Morgan fingerprint density at radius 3 is 2.03 bits per heavy atom. The maximum Gasteiger partial charge on any atom is 0.264 e. The molecule has 0 saturated carbocycles. The van der Waals surface area contributed by atoms with Crippen LogP contribution in [-0.2, 0) is 26.0 Å². The summed E-state index contributed by atoms with van der Waals surface area (Å²) in [6, 6.07) is 22.2. The van der Waals surface area contributed by atoms with Gasteiger partial charge in [0.25, 0.3) is 10.0 Å². The summed E-state index contributed by atoms with van der Waals surface area (Å²) in [6.07, 6.45) is 0.529. The predicted molar refractivity (Wildman–Crippen MR) is 151 cm³/mol. The average Bonchev–Trinajstić information content (AvgIpc) is 2.89. The summed E-state index contributed by atoms with van der Waals surface area (Å²) in [6.45, 7) is 9.06. The van der Waals surface area contributed by atoms with E-state index in [1.54, 1.807) is 37.3 Å². The number of anilines is 1. The van der Waals surface area contributed by atoms with Crippen molar-refractivity contribution < 1.29 is 18.0 Å². The third-order valence-electron chi connectivity index (χ3n) is 6.47. The van der Waals surface area contributed by atoms with Gasteiger partial charge in [-0.25, -0.2) is 8.42 Å². The van der Waals surface area contributed by atoms with E-state index in [0.29, 0.717) is 12.1 Å². The minimum atomic E-state index is -4.06. The smallest absolute Gasteiger partial charge is 0.264 e. The molecule has 0 saturated heterocycles. The van der Waals surface area contributed by atoms with Crippen LogP contribution in [0.15, 0.2) is 83.8 Å². The number of sulfonamides is 1. The fourth-order valence-electron chi connectivity index (χ4n) is 4.10. The Bertz CT molecular complexity index is 1340. The SMILES string of the molecule is Cc1ccc(N(CC(=O)N(CCc2ccccc2)[C@@H](C)C(=O)NC(C)C)S(=O)(=O)c2ccccc2)cc1C. The number of hydrogen-bond donors (Lipinski definition) is 1. The topological polar surface area (TPSA) is 86.8 Å². The summed E-state index contributed by atoms with van der Waals surface area (Å²) in [7, 11) is -4.06. The monoisotopic (exact) mass is 535 g/mol. The molecule has 3 aromatic rings. The van der Waals surface area contributed by atoms with Gasteiger partial charge in [-0.3, -0.25) is 13.9 Å². The second-order valence-corrected chi connectivity index (χ2v) is 11.6. The van der Waals surface area contributed by atoms with Crippen LogP contribution in [-0.4, -0.2) is 50.3 Å². The highest BCUT2D eigenvalue weighted by Crippen LogP contribution is 2.26. The van der Waals surface area contributed by atoms with Gasteiger partial charge < -0.3 is 10.2 Å². The molecule has 0 radical (unpaired) electrons. The predicted octanol–water partition coefficient (Wildman–Crippen LogP) is 4.48. The molecule has 0 spiro atoms. The lowest BCUT2D eigenvalue weighted by Crippen LogP contribution is -2.53. The molecule has 8 heteroatoms. The van der Waals surface area contributed by atoms with Gasteiger partial charge in [-0.05, 0) is 82.0 Å². The summed E-state index contributed by atoms with van der Waals surface area (Å²) >= 11 is 0. The molecule has 3 aromatic carbocycles. The minimum absolute atomic E-state index is 0.0902. The summed E-state index contributed by atoms with van der Waals surface area (Å²) in [5, 5.41) is 2.87. The lowest BCUT2D eigenvalue weighted by Gasteiger charge is -2.32. The van der Waals surface area contributed by atoms with Crippen LogP contribution in [0.2, 0.25) is 0 Å². The molecule has 0 aliphatic rings. The quantitative estimate of drug-likeness (QED) is 0.392. The maximum atomic E-state index is 13.8. The van der Waals surface area contributed by atoms with Crippen LogP contribution in [0.25, 0.3) is 0 Å². The van der Waals surface area contributed by atoms with Crippen molar-refractivity contribution in [1.29, 1.82) is 0 Å². The van der Waals surface area contributed by atoms with Crippen LogP contribution >= 0.6 is 0 Å². The third kappa shape index (κ3) is 7.22. The zero-order valence-corrected chi connectivity index (χ0v) is 23.5. The first-order valence-electron chi connectivity index (χ1n) is 12.8. The van der Waals surface area contributed by atoms with E-state index >= 15 is 0 Å². The number of benzene rings is 3. The molecule has 0 fully saturated rings. The van der Waals surface area contributed by atoms with Crippen molar-refractivity contribution in [3.63, 3.8) is 0 Å². The number of rotatable bonds is 11. The van der Waals surface area contributed by atoms with Crippen LogP contribution in [0.3, 0.4) is 0 Å². The van der Waals surface area contributed by atoms with Crippen molar-refractivity contribution in [1.82, 2.24) is 10.2 Å². The normalized spacial score (nSPS) is 12.2. The number of aryl methyl sites for hydroxylation is 2. The molecule has 0 unspecified atom stereocenters. The Balaban J connectivity index is 1.99. The molecular weight excluding hydrogens is 498 g/mol. The summed E-state index contributed by atoms with van der Waals surface area (Å²) in [5.74, 6) is -0.741. The highest BCUT2D eigenvalue weighted by Gasteiger charge is 2.32. The number of hydrogen-bond acceptors (Lipinski definition) is 4. The number of nitrogens with one attached hydrogen (secondary N) is 1. The standard InChI is InChI=1S/C30H37N3O4S/c1-22(2)31-30(35)25(5)32(19-18-26-12-8-6-9-13-26)29(34)21-33(27-17-16-23(3)24(4)20-27)38(36,37)28-14-10-7-11-15-28/h6-17,20,22,25H,18-19,21H2,1-5H3,(H,31,35)/t25-/m0/s1. The Morgan fingerprint density at radius 1 is 0.842 bits per heavy atom. The van der Waals surface area contributed by atoms with E-state index in [1.165, 1.54) is 17.0 Å². The summed E-state index contributed by atoms with van der Waals surface area (Å²) < 4.78 is 28.7. The van der Waals surface area contributed by atoms with Crippen molar-refractivity contribution in [3.8, 4) is 0 Å². The molecule has 0 aliphatic heterocycles. The first kappa shape index (κ1) is 28.9. The second kappa shape index (κ2) is 12.7. The van der Waals surface area contributed by atoms with Gasteiger partial charge >= 0.3 is 0 Å². The number of carbonyl (C=O) groups excluding carboxylic acids is 2. The van der Waals surface area contributed by atoms with E-state index < -0.39 is 28.5 Å². The van der Waals surface area contributed by atoms with E-state index in [9.17, 15) is 18.0 Å². The van der Waals surface area contributed by atoms with Gasteiger partial charge in [-0.1, -0.05) is 54.6 Å². The molecule has 1 N–H and O–H groups in total. The lowest BCUT2D eigenvalue weighted by molar-refractivity contribution is -0.139. The highest BCUT2D eigenvalue weighted by atomic mass is 32.2. The molecule has 1 atom stereocenters. The van der Waals surface area contributed by atoms with Gasteiger partial charge in [-0.15, -0.1) is 0 Å². The molecule has 202 valence electrons. The summed E-state index contributed by atoms with van der Waals surface area (Å²) in [5.41, 5.74) is 3.34. The molecular formula is C30H37N3O4S. The van der Waals surface area contributed by atoms with Crippen molar-refractivity contribution in [2.45, 2.75) is 58.0 Å². The van der Waals surface area contributed by atoms with Crippen LogP contribution in [0.4, 0.5) is 5.69 Å². The van der Waals surface area contributed by atoms with Gasteiger partial charge in [0, 0.05) is 12.6 Å². The Kier molecular flexibility index (Phi) is 9.69. The lowest BCUT2D eigenvalue weighted by atomic mass is 10.1. The maximum absolute atomic E-state index is 13.8. The van der Waals surface area contributed by atoms with Gasteiger partial charge in [-0.2, -0.15) is 0 Å². The first-order chi connectivity index (χ1) is 18.0. The molecule has 7 nitrogen and oxygen atoms in total. The Hall–Kier alpha value is -3.65. The van der Waals surface area contributed by atoms with Gasteiger partial charge in [0.2, 0.25) is 11.8 Å². The molecule has 0 aliphatic carbocycles. The zero-order chi connectivity index (χ0) is 27.9. The number of amides is 2. The van der Waals surface area contributed by atoms with Gasteiger partial charge in [0.1, 0.15) is 12.6 Å². The number of carbonyl (C=O) groups is 2. The summed E-state index contributed by atoms with van der Waals surface area (Å²) in [4.78, 5) is 28.3. The largest absolute Gasteiger partial charge is 0.352 e. The zero-order valence-electron chi connectivity index (χ0n) is 22.7. The van der Waals surface area contributed by atoms with Crippen molar-refractivity contribution >= 4 is 27.5 Å². The van der Waals surface area contributed by atoms with Crippen LogP contribution in [0.5, 0.6) is 0 Å². The van der Waals surface area contributed by atoms with Crippen molar-refractivity contribution in [2.24, 2.45) is 0 Å². The fourth-order valence-corrected chi connectivity index (χ4v) is 5.53. The van der Waals surface area contributed by atoms with E-state index in [0.717, 1.165) is 21.0 Å². The second-order valence-electron chi connectivity index (χ2n) is 9.76. The van der Waals surface area contributed by atoms with Crippen LogP contribution in [0, 0.1) is 13.8 Å². The average molecular weight is 536 g/mol. The van der Waals surface area contributed by atoms with Crippen LogP contribution < -0.4 is 9.62 Å². The van der Waals surface area contributed by atoms with E-state index in [1.807, 2.05) is 64.1 Å². The third-order valence-corrected chi connectivity index (χ3v) is 8.26. The van der Waals surface area contributed by atoms with E-state index in [4.69, 9.17) is 0 Å². The fraction of sp³-hybridized carbons (Fsp3) is 0.333. The molecule has 0 bridgehead atoms. The van der Waals surface area contributed by atoms with Crippen LogP contribution in [0.1, 0.15) is 37.5 Å². The Morgan fingerprint density at radius 2 is 1.45 bits per heavy atom. The number of nitrogens with zero attached hydrogens (tertiary/aromatic N) is 2.